The molecule has 0 aliphatic carbocycles. The van der Waals surface area contributed by atoms with E-state index in [0.29, 0.717) is 16.9 Å². The first-order chi connectivity index (χ1) is 14.6. The van der Waals surface area contributed by atoms with Crippen LogP contribution in [0.25, 0.3) is 10.4 Å². The molecule has 164 valence electrons. The third-order valence-electron chi connectivity index (χ3n) is 4.45. The summed E-state index contributed by atoms with van der Waals surface area (Å²) in [6, 6.07) is 6.85. The van der Waals surface area contributed by atoms with Crippen molar-refractivity contribution in [2.24, 2.45) is 0 Å². The quantitative estimate of drug-likeness (QED) is 0.514. The number of halogens is 3. The largest absolute Gasteiger partial charge is 0.465 e. The molecular weight excluding hydrogens is 453 g/mol. The second-order valence-corrected chi connectivity index (χ2v) is 8.93. The Balaban J connectivity index is 2.14. The highest BCUT2D eigenvalue weighted by Crippen LogP contribution is 2.38. The number of hydrogen-bond donors (Lipinski definition) is 1. The van der Waals surface area contributed by atoms with Crippen molar-refractivity contribution in [3.05, 3.63) is 64.8 Å². The Morgan fingerprint density at radius 3 is 2.52 bits per heavy atom. The molecule has 3 rings (SSSR count). The van der Waals surface area contributed by atoms with Crippen LogP contribution in [-0.4, -0.2) is 26.5 Å². The van der Waals surface area contributed by atoms with Gasteiger partial charge in [0.25, 0.3) is 10.0 Å². The summed E-state index contributed by atoms with van der Waals surface area (Å²) < 4.78 is 73.0. The predicted molar refractivity (Wildman–Crippen MR) is 111 cm³/mol. The van der Waals surface area contributed by atoms with Crippen LogP contribution in [0.15, 0.2) is 53.0 Å². The van der Waals surface area contributed by atoms with Gasteiger partial charge in [-0.3, -0.25) is 9.71 Å². The molecule has 6 nitrogen and oxygen atoms in total. The van der Waals surface area contributed by atoms with Crippen LogP contribution in [0, 0.1) is 0 Å². The van der Waals surface area contributed by atoms with Crippen molar-refractivity contribution in [3.8, 4) is 10.4 Å². The Kier molecular flexibility index (Phi) is 6.37. The van der Waals surface area contributed by atoms with E-state index in [-0.39, 0.29) is 21.7 Å². The third-order valence-corrected chi connectivity index (χ3v) is 6.70. The Hall–Kier alpha value is -2.92. The summed E-state index contributed by atoms with van der Waals surface area (Å²) in [5, 5.41) is 0. The SMILES string of the molecule is CCc1ccc(C(=O)OC)cc1S(=O)(=O)Nc1cc(C(F)(F)F)ccc1-c1cncs1. The molecule has 2 aromatic carbocycles. The lowest BCUT2D eigenvalue weighted by atomic mass is 10.1. The first-order valence-corrected chi connectivity index (χ1v) is 11.3. The van der Waals surface area contributed by atoms with Crippen LogP contribution in [0.2, 0.25) is 0 Å². The zero-order valence-electron chi connectivity index (χ0n) is 16.4. The summed E-state index contributed by atoms with van der Waals surface area (Å²) in [5.41, 5.74) is 0.891. The highest BCUT2D eigenvalue weighted by molar-refractivity contribution is 7.92. The predicted octanol–water partition coefficient (Wildman–Crippen LogP) is 4.98. The number of aryl methyl sites for hydroxylation is 1. The second kappa shape index (κ2) is 8.67. The number of carbonyl (C=O) groups excluding carboxylic acids is 1. The average Bonchev–Trinajstić information content (AvgIpc) is 3.26. The zero-order valence-corrected chi connectivity index (χ0v) is 18.0. The lowest BCUT2D eigenvalue weighted by Crippen LogP contribution is -2.17. The molecular formula is C20H17F3N2O4S2. The molecule has 1 heterocycles. The first-order valence-electron chi connectivity index (χ1n) is 8.91. The number of nitrogens with zero attached hydrogens (tertiary/aromatic N) is 1. The Labute approximate surface area is 180 Å². The van der Waals surface area contributed by atoms with Gasteiger partial charge < -0.3 is 4.74 Å². The van der Waals surface area contributed by atoms with Crippen molar-refractivity contribution in [1.29, 1.82) is 0 Å². The lowest BCUT2D eigenvalue weighted by molar-refractivity contribution is -0.137. The summed E-state index contributed by atoms with van der Waals surface area (Å²) in [6.45, 7) is 1.72. The van der Waals surface area contributed by atoms with E-state index in [1.165, 1.54) is 29.9 Å². The van der Waals surface area contributed by atoms with E-state index in [0.717, 1.165) is 36.6 Å². The lowest BCUT2D eigenvalue weighted by Gasteiger charge is -2.16. The first kappa shape index (κ1) is 22.8. The fourth-order valence-corrected chi connectivity index (χ4v) is 4.98. The molecule has 0 bridgehead atoms. The number of thiazole rings is 1. The van der Waals surface area contributed by atoms with Gasteiger partial charge in [0.05, 0.1) is 39.2 Å². The molecule has 11 heteroatoms. The van der Waals surface area contributed by atoms with Crippen LogP contribution in [0.1, 0.15) is 28.4 Å². The molecule has 31 heavy (non-hydrogen) atoms. The maximum absolute atomic E-state index is 13.3. The van der Waals surface area contributed by atoms with Crippen molar-refractivity contribution in [2.75, 3.05) is 11.8 Å². The maximum Gasteiger partial charge on any atom is 0.416 e. The molecule has 0 aliphatic rings. The summed E-state index contributed by atoms with van der Waals surface area (Å²) in [6.07, 6.45) is -2.91. The minimum absolute atomic E-state index is 0.00629. The van der Waals surface area contributed by atoms with Crippen molar-refractivity contribution in [1.82, 2.24) is 4.98 Å². The van der Waals surface area contributed by atoms with E-state index in [4.69, 9.17) is 0 Å². The average molecular weight is 470 g/mol. The Bertz CT molecular complexity index is 1210. The number of hydrogen-bond acceptors (Lipinski definition) is 6. The van der Waals surface area contributed by atoms with E-state index in [9.17, 15) is 26.4 Å². The maximum atomic E-state index is 13.3. The summed E-state index contributed by atoms with van der Waals surface area (Å²) in [4.78, 5) is 16.0. The number of methoxy groups -OCH3 is 1. The van der Waals surface area contributed by atoms with Crippen molar-refractivity contribution in [3.63, 3.8) is 0 Å². The van der Waals surface area contributed by atoms with E-state index >= 15 is 0 Å². The standard InChI is InChI=1S/C20H17F3N2O4S2/c1-3-12-4-5-13(19(26)29-2)8-18(12)31(27,28)25-16-9-14(20(21,22)23)6-7-15(16)17-10-24-11-30-17/h4-11,25H,3H2,1-2H3. The van der Waals surface area contributed by atoms with Gasteiger partial charge in [-0.15, -0.1) is 11.3 Å². The van der Waals surface area contributed by atoms with Crippen LogP contribution >= 0.6 is 11.3 Å². The van der Waals surface area contributed by atoms with E-state index in [1.807, 2.05) is 0 Å². The normalized spacial score (nSPS) is 11.9. The van der Waals surface area contributed by atoms with Crippen LogP contribution < -0.4 is 4.72 Å². The molecule has 1 aromatic heterocycles. The smallest absolute Gasteiger partial charge is 0.416 e. The van der Waals surface area contributed by atoms with Crippen molar-refractivity contribution < 1.29 is 31.1 Å². The molecule has 0 radical (unpaired) electrons. The van der Waals surface area contributed by atoms with Gasteiger partial charge in [0.2, 0.25) is 0 Å². The monoisotopic (exact) mass is 470 g/mol. The van der Waals surface area contributed by atoms with Crippen LogP contribution in [0.4, 0.5) is 18.9 Å². The van der Waals surface area contributed by atoms with Crippen LogP contribution in [-0.2, 0) is 27.4 Å². The van der Waals surface area contributed by atoms with Crippen LogP contribution in [0.3, 0.4) is 0 Å². The van der Waals surface area contributed by atoms with Gasteiger partial charge in [-0.1, -0.05) is 19.1 Å². The molecule has 0 saturated carbocycles. The van der Waals surface area contributed by atoms with Gasteiger partial charge in [-0.25, -0.2) is 13.2 Å². The van der Waals surface area contributed by atoms with Crippen LogP contribution in [0.5, 0.6) is 0 Å². The van der Waals surface area contributed by atoms with Crippen molar-refractivity contribution >= 4 is 33.0 Å². The number of anilines is 1. The molecule has 0 amide bonds. The number of ether oxygens (including phenoxy) is 1. The minimum Gasteiger partial charge on any atom is -0.465 e. The Morgan fingerprint density at radius 2 is 1.94 bits per heavy atom. The van der Waals surface area contributed by atoms with Gasteiger partial charge in [-0.05, 0) is 36.2 Å². The highest BCUT2D eigenvalue weighted by atomic mass is 32.2. The summed E-state index contributed by atoms with van der Waals surface area (Å²) in [5.74, 6) is -0.733. The van der Waals surface area contributed by atoms with Gasteiger partial charge >= 0.3 is 12.1 Å². The number of alkyl halides is 3. The number of nitrogens with one attached hydrogen (secondary N) is 1. The topological polar surface area (TPSA) is 85.4 Å². The van der Waals surface area contributed by atoms with E-state index < -0.39 is 27.7 Å². The Morgan fingerprint density at radius 1 is 1.19 bits per heavy atom. The summed E-state index contributed by atoms with van der Waals surface area (Å²) in [7, 11) is -3.18. The number of esters is 1. The molecule has 0 aliphatic heterocycles. The van der Waals surface area contributed by atoms with Gasteiger partial charge in [0.15, 0.2) is 0 Å². The highest BCUT2D eigenvalue weighted by Gasteiger charge is 2.32. The molecule has 0 unspecified atom stereocenters. The number of benzene rings is 2. The fourth-order valence-electron chi connectivity index (χ4n) is 2.91. The zero-order chi connectivity index (χ0) is 22.8. The third kappa shape index (κ3) is 4.88. The second-order valence-electron chi connectivity index (χ2n) is 6.40. The number of rotatable bonds is 6. The molecule has 1 N–H and O–H groups in total. The molecule has 0 spiro atoms. The number of sulfonamides is 1. The molecule has 0 fully saturated rings. The van der Waals surface area contributed by atoms with Gasteiger partial charge in [0, 0.05) is 11.8 Å². The van der Waals surface area contributed by atoms with Gasteiger partial charge in [-0.2, -0.15) is 13.2 Å². The minimum atomic E-state index is -4.66. The van der Waals surface area contributed by atoms with Gasteiger partial charge in [0.1, 0.15) is 0 Å². The van der Waals surface area contributed by atoms with E-state index in [2.05, 4.69) is 14.4 Å². The number of carbonyl (C=O) groups is 1. The fraction of sp³-hybridized carbons (Fsp3) is 0.200. The summed E-state index contributed by atoms with van der Waals surface area (Å²) >= 11 is 1.15. The van der Waals surface area contributed by atoms with E-state index in [1.54, 1.807) is 6.92 Å². The molecule has 0 atom stereocenters. The molecule has 3 aromatic rings. The van der Waals surface area contributed by atoms with Crippen molar-refractivity contribution in [2.45, 2.75) is 24.4 Å². The molecule has 0 saturated heterocycles. The number of aromatic nitrogens is 1.